The zero-order valence-electron chi connectivity index (χ0n) is 10.5. The van der Waals surface area contributed by atoms with Crippen molar-refractivity contribution in [1.82, 2.24) is 10.2 Å². The van der Waals surface area contributed by atoms with Gasteiger partial charge in [-0.15, -0.1) is 0 Å². The SMILES string of the molecule is FC(F)(F)C1CCN(CCC2CSCCN2)CC1. The summed E-state index contributed by atoms with van der Waals surface area (Å²) in [6, 6.07) is 0.545. The highest BCUT2D eigenvalue weighted by Gasteiger charge is 2.40. The van der Waals surface area contributed by atoms with Crippen molar-refractivity contribution >= 4 is 11.8 Å². The van der Waals surface area contributed by atoms with Crippen molar-refractivity contribution in [2.75, 3.05) is 37.7 Å². The van der Waals surface area contributed by atoms with Crippen LogP contribution in [0.1, 0.15) is 19.3 Å². The second-order valence-corrected chi connectivity index (χ2v) is 6.32. The molecular formula is C12H21F3N2S. The highest BCUT2D eigenvalue weighted by molar-refractivity contribution is 7.99. The third-order valence-electron chi connectivity index (χ3n) is 3.84. The Kier molecular flexibility index (Phi) is 5.21. The van der Waals surface area contributed by atoms with Gasteiger partial charge in [0.05, 0.1) is 5.92 Å². The summed E-state index contributed by atoms with van der Waals surface area (Å²) in [5, 5.41) is 3.46. The van der Waals surface area contributed by atoms with E-state index in [2.05, 4.69) is 10.2 Å². The smallest absolute Gasteiger partial charge is 0.312 e. The van der Waals surface area contributed by atoms with E-state index in [0.29, 0.717) is 19.1 Å². The van der Waals surface area contributed by atoms with Gasteiger partial charge in [0.15, 0.2) is 0 Å². The zero-order chi connectivity index (χ0) is 13.0. The molecule has 18 heavy (non-hydrogen) atoms. The Balaban J connectivity index is 1.64. The molecule has 2 aliphatic rings. The first-order valence-electron chi connectivity index (χ1n) is 6.66. The summed E-state index contributed by atoms with van der Waals surface area (Å²) in [4.78, 5) is 2.18. The maximum atomic E-state index is 12.5. The molecule has 2 saturated heterocycles. The molecule has 0 saturated carbocycles. The van der Waals surface area contributed by atoms with E-state index in [1.54, 1.807) is 0 Å². The minimum Gasteiger partial charge on any atom is -0.312 e. The number of rotatable bonds is 3. The van der Waals surface area contributed by atoms with Crippen LogP contribution in [0.25, 0.3) is 0 Å². The number of nitrogens with one attached hydrogen (secondary N) is 1. The van der Waals surface area contributed by atoms with Gasteiger partial charge in [-0.3, -0.25) is 0 Å². The fraction of sp³-hybridized carbons (Fsp3) is 1.00. The average Bonchev–Trinajstić information content (AvgIpc) is 2.37. The summed E-state index contributed by atoms with van der Waals surface area (Å²) in [5.74, 6) is 1.24. The van der Waals surface area contributed by atoms with Crippen LogP contribution in [0.4, 0.5) is 13.2 Å². The second-order valence-electron chi connectivity index (χ2n) is 5.17. The van der Waals surface area contributed by atoms with Crippen molar-refractivity contribution in [3.63, 3.8) is 0 Å². The Morgan fingerprint density at radius 3 is 2.50 bits per heavy atom. The van der Waals surface area contributed by atoms with Crippen LogP contribution in [-0.4, -0.2) is 54.8 Å². The van der Waals surface area contributed by atoms with Gasteiger partial charge in [-0.05, 0) is 38.9 Å². The number of alkyl halides is 3. The fourth-order valence-electron chi connectivity index (χ4n) is 2.63. The Morgan fingerprint density at radius 2 is 1.94 bits per heavy atom. The molecule has 6 heteroatoms. The Hall–Kier alpha value is 0.0600. The number of piperidine rings is 1. The first-order chi connectivity index (χ1) is 8.55. The summed E-state index contributed by atoms with van der Waals surface area (Å²) >= 11 is 1.96. The van der Waals surface area contributed by atoms with E-state index in [0.717, 1.165) is 25.3 Å². The molecule has 2 heterocycles. The van der Waals surface area contributed by atoms with Gasteiger partial charge in [0.25, 0.3) is 0 Å². The van der Waals surface area contributed by atoms with Crippen molar-refractivity contribution in [3.05, 3.63) is 0 Å². The lowest BCUT2D eigenvalue weighted by atomic mass is 9.96. The molecule has 2 nitrogen and oxygen atoms in total. The molecule has 106 valence electrons. The lowest BCUT2D eigenvalue weighted by molar-refractivity contribution is -0.185. The van der Waals surface area contributed by atoms with E-state index in [9.17, 15) is 13.2 Å². The van der Waals surface area contributed by atoms with E-state index in [-0.39, 0.29) is 12.8 Å². The monoisotopic (exact) mass is 282 g/mol. The predicted molar refractivity (Wildman–Crippen MR) is 69.0 cm³/mol. The second kappa shape index (κ2) is 6.48. The number of thioether (sulfide) groups is 1. The third-order valence-corrected chi connectivity index (χ3v) is 4.97. The molecule has 0 amide bonds. The molecule has 1 atom stereocenters. The van der Waals surface area contributed by atoms with Gasteiger partial charge in [-0.2, -0.15) is 24.9 Å². The topological polar surface area (TPSA) is 15.3 Å². The van der Waals surface area contributed by atoms with Gasteiger partial charge < -0.3 is 10.2 Å². The Labute approximate surface area is 111 Å². The van der Waals surface area contributed by atoms with Crippen molar-refractivity contribution in [2.45, 2.75) is 31.5 Å². The van der Waals surface area contributed by atoms with Crippen LogP contribution in [0.3, 0.4) is 0 Å². The number of hydrogen-bond donors (Lipinski definition) is 1. The zero-order valence-corrected chi connectivity index (χ0v) is 11.3. The molecule has 0 aromatic rings. The molecule has 1 unspecified atom stereocenters. The molecule has 1 N–H and O–H groups in total. The van der Waals surface area contributed by atoms with Crippen molar-refractivity contribution in [2.24, 2.45) is 5.92 Å². The van der Waals surface area contributed by atoms with E-state index in [1.807, 2.05) is 11.8 Å². The van der Waals surface area contributed by atoms with Gasteiger partial charge in [0.1, 0.15) is 0 Å². The molecular weight excluding hydrogens is 261 g/mol. The summed E-state index contributed by atoms with van der Waals surface area (Å²) in [6.07, 6.45) is -2.38. The lowest BCUT2D eigenvalue weighted by Gasteiger charge is -2.34. The minimum absolute atomic E-state index is 0.274. The Morgan fingerprint density at radius 1 is 1.22 bits per heavy atom. The van der Waals surface area contributed by atoms with Crippen LogP contribution < -0.4 is 5.32 Å². The van der Waals surface area contributed by atoms with Crippen LogP contribution >= 0.6 is 11.8 Å². The van der Waals surface area contributed by atoms with Gasteiger partial charge in [0.2, 0.25) is 0 Å². The number of nitrogens with zero attached hydrogens (tertiary/aromatic N) is 1. The van der Waals surface area contributed by atoms with Gasteiger partial charge in [0, 0.05) is 24.1 Å². The first kappa shape index (κ1) is 14.5. The largest absolute Gasteiger partial charge is 0.391 e. The standard InChI is InChI=1S/C12H21F3N2S/c13-12(14,15)10-1-5-17(6-2-10)7-3-11-9-18-8-4-16-11/h10-11,16H,1-9H2. The van der Waals surface area contributed by atoms with Crippen LogP contribution in [0.15, 0.2) is 0 Å². The average molecular weight is 282 g/mol. The van der Waals surface area contributed by atoms with Crippen LogP contribution in [0.5, 0.6) is 0 Å². The highest BCUT2D eigenvalue weighted by atomic mass is 32.2. The van der Waals surface area contributed by atoms with Crippen molar-refractivity contribution in [3.8, 4) is 0 Å². The number of likely N-dealkylation sites (tertiary alicyclic amines) is 1. The van der Waals surface area contributed by atoms with E-state index >= 15 is 0 Å². The van der Waals surface area contributed by atoms with E-state index < -0.39 is 12.1 Å². The quantitative estimate of drug-likeness (QED) is 0.855. The van der Waals surface area contributed by atoms with Gasteiger partial charge >= 0.3 is 6.18 Å². The lowest BCUT2D eigenvalue weighted by Crippen LogP contribution is -2.43. The molecule has 0 aliphatic carbocycles. The van der Waals surface area contributed by atoms with Crippen LogP contribution in [0, 0.1) is 5.92 Å². The number of halogens is 3. The van der Waals surface area contributed by atoms with Crippen molar-refractivity contribution < 1.29 is 13.2 Å². The minimum atomic E-state index is -3.99. The van der Waals surface area contributed by atoms with Crippen LogP contribution in [-0.2, 0) is 0 Å². The predicted octanol–water partition coefficient (Wildman–Crippen LogP) is 2.36. The Bertz CT molecular complexity index is 246. The molecule has 0 aromatic heterocycles. The van der Waals surface area contributed by atoms with E-state index in [1.165, 1.54) is 5.75 Å². The number of hydrogen-bond acceptors (Lipinski definition) is 3. The van der Waals surface area contributed by atoms with Crippen molar-refractivity contribution in [1.29, 1.82) is 0 Å². The molecule has 0 aromatic carbocycles. The third kappa shape index (κ3) is 4.31. The summed E-state index contributed by atoms with van der Waals surface area (Å²) < 4.78 is 37.5. The summed E-state index contributed by atoms with van der Waals surface area (Å²) in [7, 11) is 0. The summed E-state index contributed by atoms with van der Waals surface area (Å²) in [6.45, 7) is 3.20. The first-order valence-corrected chi connectivity index (χ1v) is 7.81. The molecule has 2 aliphatic heterocycles. The molecule has 2 fully saturated rings. The molecule has 0 radical (unpaired) electrons. The fourth-order valence-corrected chi connectivity index (χ4v) is 3.63. The summed E-state index contributed by atoms with van der Waals surface area (Å²) in [5.41, 5.74) is 0. The maximum absolute atomic E-state index is 12.5. The molecule has 2 rings (SSSR count). The van der Waals surface area contributed by atoms with Crippen LogP contribution in [0.2, 0.25) is 0 Å². The normalized spacial score (nSPS) is 28.5. The van der Waals surface area contributed by atoms with E-state index in [4.69, 9.17) is 0 Å². The highest BCUT2D eigenvalue weighted by Crippen LogP contribution is 2.34. The van der Waals surface area contributed by atoms with Gasteiger partial charge in [-0.25, -0.2) is 0 Å². The van der Waals surface area contributed by atoms with Gasteiger partial charge in [-0.1, -0.05) is 0 Å². The molecule has 0 bridgehead atoms. The molecule has 0 spiro atoms. The maximum Gasteiger partial charge on any atom is 0.391 e.